The van der Waals surface area contributed by atoms with Crippen LogP contribution < -0.4 is 0 Å². The molecule has 3 rings (SSSR count). The minimum absolute atomic E-state index is 0.659. The van der Waals surface area contributed by atoms with Crippen LogP contribution in [0.3, 0.4) is 0 Å². The molecule has 0 N–H and O–H groups in total. The lowest BCUT2D eigenvalue weighted by Crippen LogP contribution is -1.92. The average Bonchev–Trinajstić information content (AvgIpc) is 2.76. The summed E-state index contributed by atoms with van der Waals surface area (Å²) in [6.07, 6.45) is 5.40. The monoisotopic (exact) mass is 258 g/mol. The van der Waals surface area contributed by atoms with Gasteiger partial charge in [-0.05, 0) is 24.6 Å². The van der Waals surface area contributed by atoms with E-state index in [9.17, 15) is 0 Å². The Kier molecular flexibility index (Phi) is 2.52. The van der Waals surface area contributed by atoms with Crippen LogP contribution >= 0.6 is 11.6 Å². The smallest absolute Gasteiger partial charge is 0.161 e. The molecule has 3 aromatic rings. The van der Waals surface area contributed by atoms with E-state index in [1.54, 1.807) is 23.1 Å². The van der Waals surface area contributed by atoms with Crippen molar-refractivity contribution in [2.24, 2.45) is 7.05 Å². The molecule has 90 valence electrons. The number of pyridine rings is 2. The third-order valence-corrected chi connectivity index (χ3v) is 3.18. The Morgan fingerprint density at radius 1 is 1.33 bits per heavy atom. The molecule has 0 unspecified atom stereocenters. The molecule has 0 saturated carbocycles. The van der Waals surface area contributed by atoms with Gasteiger partial charge in [0.2, 0.25) is 0 Å². The van der Waals surface area contributed by atoms with E-state index >= 15 is 0 Å². The SMILES string of the molecule is Cc1cc2c(Cl)ccnc2nc1-c1cnn(C)c1. The Balaban J connectivity index is 2.28. The lowest BCUT2D eigenvalue weighted by Gasteiger charge is -2.05. The Bertz CT molecular complexity index is 733. The predicted molar refractivity (Wildman–Crippen MR) is 71.5 cm³/mol. The predicted octanol–water partition coefficient (Wildman–Crippen LogP) is 2.99. The van der Waals surface area contributed by atoms with Gasteiger partial charge in [0.1, 0.15) is 0 Å². The molecule has 3 heterocycles. The van der Waals surface area contributed by atoms with Crippen molar-refractivity contribution >= 4 is 22.6 Å². The van der Waals surface area contributed by atoms with Crippen LogP contribution in [0.2, 0.25) is 5.02 Å². The van der Waals surface area contributed by atoms with Crippen molar-refractivity contribution in [2.75, 3.05) is 0 Å². The number of hydrogen-bond acceptors (Lipinski definition) is 3. The molecule has 0 aliphatic heterocycles. The fraction of sp³-hybridized carbons (Fsp3) is 0.154. The highest BCUT2D eigenvalue weighted by atomic mass is 35.5. The Labute approximate surface area is 109 Å². The highest BCUT2D eigenvalue weighted by molar-refractivity contribution is 6.35. The molecule has 0 aliphatic rings. The number of fused-ring (bicyclic) bond motifs is 1. The molecule has 0 amide bonds. The maximum atomic E-state index is 6.14. The van der Waals surface area contributed by atoms with Crippen LogP contribution in [0.15, 0.2) is 30.7 Å². The first-order valence-electron chi connectivity index (χ1n) is 5.56. The summed E-state index contributed by atoms with van der Waals surface area (Å²) in [5, 5.41) is 5.72. The largest absolute Gasteiger partial charge is 0.275 e. The minimum atomic E-state index is 0.659. The maximum absolute atomic E-state index is 6.14. The zero-order valence-electron chi connectivity index (χ0n) is 10.1. The van der Waals surface area contributed by atoms with E-state index in [4.69, 9.17) is 11.6 Å². The lowest BCUT2D eigenvalue weighted by atomic mass is 10.1. The zero-order chi connectivity index (χ0) is 12.7. The summed E-state index contributed by atoms with van der Waals surface area (Å²) in [4.78, 5) is 8.82. The molecule has 18 heavy (non-hydrogen) atoms. The molecule has 0 radical (unpaired) electrons. The highest BCUT2D eigenvalue weighted by Gasteiger charge is 2.10. The van der Waals surface area contributed by atoms with Crippen molar-refractivity contribution in [1.82, 2.24) is 19.7 Å². The molecule has 0 fully saturated rings. The number of nitrogens with zero attached hydrogens (tertiary/aromatic N) is 4. The number of aromatic nitrogens is 4. The van der Waals surface area contributed by atoms with Crippen molar-refractivity contribution in [2.45, 2.75) is 6.92 Å². The summed E-state index contributed by atoms with van der Waals surface area (Å²) in [6, 6.07) is 3.79. The molecule has 0 bridgehead atoms. The number of rotatable bonds is 1. The number of halogens is 1. The summed E-state index contributed by atoms with van der Waals surface area (Å²) in [7, 11) is 1.88. The van der Waals surface area contributed by atoms with Crippen LogP contribution in [0.4, 0.5) is 0 Å². The molecule has 0 aliphatic carbocycles. The maximum Gasteiger partial charge on any atom is 0.161 e. The fourth-order valence-electron chi connectivity index (χ4n) is 1.98. The van der Waals surface area contributed by atoms with Crippen LogP contribution in [0, 0.1) is 6.92 Å². The van der Waals surface area contributed by atoms with Gasteiger partial charge in [0.15, 0.2) is 5.65 Å². The van der Waals surface area contributed by atoms with E-state index in [2.05, 4.69) is 15.1 Å². The molecule has 5 heteroatoms. The van der Waals surface area contributed by atoms with Crippen molar-refractivity contribution in [3.05, 3.63) is 41.3 Å². The quantitative estimate of drug-likeness (QED) is 0.674. The first-order chi connectivity index (χ1) is 8.65. The molecular formula is C13H11ClN4. The number of hydrogen-bond donors (Lipinski definition) is 0. The highest BCUT2D eigenvalue weighted by Crippen LogP contribution is 2.27. The van der Waals surface area contributed by atoms with Crippen LogP contribution in [0.1, 0.15) is 5.56 Å². The second-order valence-corrected chi connectivity index (χ2v) is 4.63. The Morgan fingerprint density at radius 3 is 2.89 bits per heavy atom. The average molecular weight is 259 g/mol. The van der Waals surface area contributed by atoms with Gasteiger partial charge in [-0.1, -0.05) is 11.6 Å². The lowest BCUT2D eigenvalue weighted by molar-refractivity contribution is 0.768. The summed E-state index contributed by atoms with van der Waals surface area (Å²) < 4.78 is 1.76. The van der Waals surface area contributed by atoms with Crippen molar-refractivity contribution < 1.29 is 0 Å². The van der Waals surface area contributed by atoms with E-state index in [1.807, 2.05) is 26.2 Å². The van der Waals surface area contributed by atoms with E-state index in [1.165, 1.54) is 0 Å². The van der Waals surface area contributed by atoms with Gasteiger partial charge in [-0.25, -0.2) is 9.97 Å². The molecule has 3 aromatic heterocycles. The molecule has 0 atom stereocenters. The molecule has 0 saturated heterocycles. The van der Waals surface area contributed by atoms with Gasteiger partial charge in [-0.15, -0.1) is 0 Å². The second kappa shape index (κ2) is 4.07. The van der Waals surface area contributed by atoms with Crippen molar-refractivity contribution in [1.29, 1.82) is 0 Å². The third-order valence-electron chi connectivity index (χ3n) is 2.85. The van der Waals surface area contributed by atoms with Gasteiger partial charge in [0.25, 0.3) is 0 Å². The molecular weight excluding hydrogens is 248 g/mol. The van der Waals surface area contributed by atoms with E-state index in [0.717, 1.165) is 22.2 Å². The van der Waals surface area contributed by atoms with Crippen molar-refractivity contribution in [3.8, 4) is 11.3 Å². The van der Waals surface area contributed by atoms with Crippen LogP contribution in [-0.2, 0) is 7.05 Å². The van der Waals surface area contributed by atoms with Gasteiger partial charge < -0.3 is 0 Å². The normalized spacial score (nSPS) is 11.1. The van der Waals surface area contributed by atoms with E-state index in [0.29, 0.717) is 10.7 Å². The van der Waals surface area contributed by atoms with E-state index < -0.39 is 0 Å². The van der Waals surface area contributed by atoms with Crippen LogP contribution in [-0.4, -0.2) is 19.7 Å². The van der Waals surface area contributed by atoms with Gasteiger partial charge in [-0.3, -0.25) is 4.68 Å². The van der Waals surface area contributed by atoms with Gasteiger partial charge in [0, 0.05) is 30.4 Å². The van der Waals surface area contributed by atoms with Gasteiger partial charge >= 0.3 is 0 Å². The molecule has 4 nitrogen and oxygen atoms in total. The minimum Gasteiger partial charge on any atom is -0.275 e. The Hall–Kier alpha value is -1.94. The summed E-state index contributed by atoms with van der Waals surface area (Å²) >= 11 is 6.14. The topological polar surface area (TPSA) is 43.6 Å². The Morgan fingerprint density at radius 2 is 2.17 bits per heavy atom. The van der Waals surface area contributed by atoms with E-state index in [-0.39, 0.29) is 0 Å². The third kappa shape index (κ3) is 1.75. The summed E-state index contributed by atoms with van der Waals surface area (Å²) in [5.74, 6) is 0. The van der Waals surface area contributed by atoms with Gasteiger partial charge in [-0.2, -0.15) is 5.10 Å². The summed E-state index contributed by atoms with van der Waals surface area (Å²) in [6.45, 7) is 2.01. The zero-order valence-corrected chi connectivity index (χ0v) is 10.8. The van der Waals surface area contributed by atoms with Crippen LogP contribution in [0.5, 0.6) is 0 Å². The standard InChI is InChI=1S/C13H11ClN4/c1-8-5-10-11(14)3-4-15-13(10)17-12(8)9-6-16-18(2)7-9/h3-7H,1-2H3. The summed E-state index contributed by atoms with van der Waals surface area (Å²) in [5.41, 5.74) is 3.60. The van der Waals surface area contributed by atoms with Gasteiger partial charge in [0.05, 0.1) is 16.9 Å². The number of aryl methyl sites for hydroxylation is 2. The second-order valence-electron chi connectivity index (χ2n) is 4.22. The van der Waals surface area contributed by atoms with Crippen LogP contribution in [0.25, 0.3) is 22.3 Å². The fourth-order valence-corrected chi connectivity index (χ4v) is 2.17. The first-order valence-corrected chi connectivity index (χ1v) is 5.94. The molecule has 0 aromatic carbocycles. The molecule has 0 spiro atoms. The first kappa shape index (κ1) is 11.2. The van der Waals surface area contributed by atoms with Crippen molar-refractivity contribution in [3.63, 3.8) is 0 Å².